The van der Waals surface area contributed by atoms with Crippen LogP contribution in [0.5, 0.6) is 0 Å². The summed E-state index contributed by atoms with van der Waals surface area (Å²) in [4.78, 5) is 0. The van der Waals surface area contributed by atoms with E-state index in [1.807, 2.05) is 0 Å². The summed E-state index contributed by atoms with van der Waals surface area (Å²) >= 11 is -0.826. The molecular weight excluding hydrogens is 683 g/mol. The fraction of sp³-hybridized carbons (Fsp3) is 0.268. The SMILES string of the molecule is CC(C)(C)c1ccc(-c2cccc3[cH-]ccc23)cc1.CCc1cc2c(-c3ccc(C(C)C)cc3)cccc2[cH-]1.C[Si]C.[Cl][Zr+2][Cl]. The molecule has 0 heterocycles. The van der Waals surface area contributed by atoms with Gasteiger partial charge in [0, 0.05) is 9.52 Å². The van der Waals surface area contributed by atoms with Crippen molar-refractivity contribution in [1.29, 1.82) is 0 Å². The summed E-state index contributed by atoms with van der Waals surface area (Å²) in [5.74, 6) is 0.588. The van der Waals surface area contributed by atoms with Gasteiger partial charge in [-0.3, -0.25) is 0 Å². The van der Waals surface area contributed by atoms with Gasteiger partial charge in [0.05, 0.1) is 0 Å². The molecule has 232 valence electrons. The van der Waals surface area contributed by atoms with E-state index in [9.17, 15) is 0 Å². The second-order valence-electron chi connectivity index (χ2n) is 12.5. The van der Waals surface area contributed by atoms with Gasteiger partial charge >= 0.3 is 37.9 Å². The molecule has 6 aromatic rings. The Morgan fingerprint density at radius 1 is 0.733 bits per heavy atom. The zero-order valence-corrected chi connectivity index (χ0v) is 33.0. The molecule has 0 aliphatic rings. The number of benzene rings is 4. The van der Waals surface area contributed by atoms with E-state index in [4.69, 9.17) is 17.0 Å². The molecule has 0 aliphatic carbocycles. The predicted molar refractivity (Wildman–Crippen MR) is 201 cm³/mol. The number of halogens is 2. The molecule has 0 nitrogen and oxygen atoms in total. The van der Waals surface area contributed by atoms with Crippen LogP contribution in [-0.4, -0.2) is 9.52 Å². The van der Waals surface area contributed by atoms with Gasteiger partial charge in [-0.25, -0.2) is 0 Å². The number of rotatable bonds is 4. The van der Waals surface area contributed by atoms with Crippen molar-refractivity contribution in [3.8, 4) is 22.3 Å². The number of fused-ring (bicyclic) bond motifs is 2. The van der Waals surface area contributed by atoms with Crippen LogP contribution in [0.1, 0.15) is 64.2 Å². The molecule has 0 unspecified atom stereocenters. The quantitative estimate of drug-likeness (QED) is 0.125. The van der Waals surface area contributed by atoms with Crippen molar-refractivity contribution in [2.75, 3.05) is 0 Å². The number of aryl methyl sites for hydroxylation is 1. The Labute approximate surface area is 293 Å². The van der Waals surface area contributed by atoms with E-state index in [2.05, 4.69) is 170 Å². The van der Waals surface area contributed by atoms with Gasteiger partial charge in [-0.2, -0.15) is 18.2 Å². The fourth-order valence-electron chi connectivity index (χ4n) is 5.36. The monoisotopic (exact) mass is 726 g/mol. The zero-order valence-electron chi connectivity index (χ0n) is 28.0. The van der Waals surface area contributed by atoms with Gasteiger partial charge in [0.2, 0.25) is 0 Å². The Morgan fingerprint density at radius 2 is 1.24 bits per heavy atom. The van der Waals surface area contributed by atoms with Crippen molar-refractivity contribution in [2.45, 2.75) is 72.4 Å². The van der Waals surface area contributed by atoms with Crippen LogP contribution in [0, 0.1) is 0 Å². The first-order chi connectivity index (χ1) is 21.6. The average molecular weight is 729 g/mol. The molecule has 45 heavy (non-hydrogen) atoms. The maximum absolute atomic E-state index is 4.93. The van der Waals surface area contributed by atoms with E-state index in [1.54, 1.807) is 0 Å². The van der Waals surface area contributed by atoms with E-state index in [-0.39, 0.29) is 5.41 Å². The summed E-state index contributed by atoms with van der Waals surface area (Å²) in [6, 6.07) is 42.2. The van der Waals surface area contributed by atoms with E-state index in [0.717, 1.165) is 15.9 Å². The normalized spacial score (nSPS) is 10.7. The molecule has 0 aliphatic heterocycles. The van der Waals surface area contributed by atoms with Crippen LogP contribution in [0.4, 0.5) is 0 Å². The predicted octanol–water partition coefficient (Wildman–Crippen LogP) is 13.6. The molecule has 2 radical (unpaired) electrons. The molecule has 0 bridgehead atoms. The first kappa shape index (κ1) is 37.2. The Bertz CT molecular complexity index is 1720. The molecule has 0 aromatic heterocycles. The van der Waals surface area contributed by atoms with E-state index in [0.29, 0.717) is 5.92 Å². The van der Waals surface area contributed by atoms with E-state index >= 15 is 0 Å². The number of hydrogen-bond donors (Lipinski definition) is 0. The summed E-state index contributed by atoms with van der Waals surface area (Å²) in [7, 11) is 11.0. The summed E-state index contributed by atoms with van der Waals surface area (Å²) < 4.78 is 0. The van der Waals surface area contributed by atoms with Crippen molar-refractivity contribution >= 4 is 48.1 Å². The van der Waals surface area contributed by atoms with Crippen LogP contribution in [0.2, 0.25) is 13.1 Å². The molecule has 6 aromatic carbocycles. The van der Waals surface area contributed by atoms with Gasteiger partial charge in [-0.15, -0.1) is 63.5 Å². The van der Waals surface area contributed by atoms with Gasteiger partial charge in [-0.05, 0) is 40.0 Å². The van der Waals surface area contributed by atoms with Crippen LogP contribution in [0.3, 0.4) is 0 Å². The minimum absolute atomic E-state index is 0.213. The standard InChI is InChI=1S/C20H21.C19H19.C2H6Si.2ClH.Zr/c1-4-15-12-18-6-5-7-19(20(18)13-15)17-10-8-16(9-11-17)14(2)3;1-19(2,3)16-12-10-15(11-13-16)18-9-5-7-14-6-4-8-17(14)18;1-3-2;;;/h5-14H,4H2,1-3H3;4-13H,1-3H3;1-2H3;2*1H;/q2*-1;;;;+4/p-2. The van der Waals surface area contributed by atoms with Gasteiger partial charge in [-0.1, -0.05) is 126 Å². The molecule has 0 saturated heterocycles. The fourth-order valence-corrected chi connectivity index (χ4v) is 5.36. The molecule has 4 heteroatoms. The van der Waals surface area contributed by atoms with Crippen molar-refractivity contribution < 1.29 is 20.8 Å². The van der Waals surface area contributed by atoms with Gasteiger partial charge in [0.25, 0.3) is 0 Å². The molecule has 0 saturated carbocycles. The van der Waals surface area contributed by atoms with Crippen molar-refractivity contribution in [3.63, 3.8) is 0 Å². The summed E-state index contributed by atoms with van der Waals surface area (Å²) in [5, 5.41) is 5.39. The maximum atomic E-state index is 4.93. The van der Waals surface area contributed by atoms with Crippen LogP contribution >= 0.6 is 17.0 Å². The average Bonchev–Trinajstić information content (AvgIpc) is 3.69. The number of hydrogen-bond acceptors (Lipinski definition) is 0. The third kappa shape index (κ3) is 10.4. The molecule has 0 atom stereocenters. The molecule has 0 fully saturated rings. The van der Waals surface area contributed by atoms with Crippen LogP contribution < -0.4 is 0 Å². The Balaban J connectivity index is 0.000000209. The first-order valence-electron chi connectivity index (χ1n) is 15.7. The molecular formula is C41H46Cl2SiZr. The third-order valence-electron chi connectivity index (χ3n) is 7.85. The van der Waals surface area contributed by atoms with Crippen LogP contribution in [0.15, 0.2) is 115 Å². The third-order valence-corrected chi connectivity index (χ3v) is 7.85. The Hall–Kier alpha value is -2.22. The summed E-state index contributed by atoms with van der Waals surface area (Å²) in [5.41, 5.74) is 9.69. The van der Waals surface area contributed by atoms with Gasteiger partial charge < -0.3 is 0 Å². The summed E-state index contributed by atoms with van der Waals surface area (Å²) in [6.07, 6.45) is 1.10. The van der Waals surface area contributed by atoms with Crippen molar-refractivity contribution in [3.05, 3.63) is 132 Å². The van der Waals surface area contributed by atoms with Crippen LogP contribution in [-0.2, 0) is 32.7 Å². The second kappa shape index (κ2) is 18.2. The summed E-state index contributed by atoms with van der Waals surface area (Å²) in [6.45, 7) is 17.7. The van der Waals surface area contributed by atoms with Crippen molar-refractivity contribution in [2.24, 2.45) is 0 Å². The second-order valence-corrected chi connectivity index (χ2v) is 17.3. The van der Waals surface area contributed by atoms with E-state index in [1.165, 1.54) is 60.5 Å². The van der Waals surface area contributed by atoms with Crippen LogP contribution in [0.25, 0.3) is 43.8 Å². The van der Waals surface area contributed by atoms with Gasteiger partial charge in [0.15, 0.2) is 0 Å². The first-order valence-corrected chi connectivity index (χ1v) is 24.0. The zero-order chi connectivity index (χ0) is 33.0. The van der Waals surface area contributed by atoms with Crippen molar-refractivity contribution in [1.82, 2.24) is 0 Å². The molecule has 0 spiro atoms. The van der Waals surface area contributed by atoms with Gasteiger partial charge in [0.1, 0.15) is 0 Å². The molecule has 0 N–H and O–H groups in total. The van der Waals surface area contributed by atoms with E-state index < -0.39 is 20.8 Å². The minimum atomic E-state index is -0.826. The molecule has 0 amide bonds. The Kier molecular flexibility index (Phi) is 15.1. The molecule has 6 rings (SSSR count). The topological polar surface area (TPSA) is 0 Å². The Morgan fingerprint density at radius 3 is 1.76 bits per heavy atom.